The third-order valence-corrected chi connectivity index (χ3v) is 3.22. The summed E-state index contributed by atoms with van der Waals surface area (Å²) in [4.78, 5) is 0. The maximum absolute atomic E-state index is 5.68. The number of hydrogen-bond donors (Lipinski definition) is 1. The molecule has 1 aromatic rings. The van der Waals surface area contributed by atoms with Gasteiger partial charge in [-0.05, 0) is 65.0 Å². The molecule has 1 rings (SSSR count). The molecule has 114 valence electrons. The van der Waals surface area contributed by atoms with Crippen LogP contribution in [0.3, 0.4) is 0 Å². The van der Waals surface area contributed by atoms with Crippen LogP contribution in [0.2, 0.25) is 0 Å². The average Bonchev–Trinajstić information content (AvgIpc) is 2.41. The van der Waals surface area contributed by atoms with Gasteiger partial charge in [0, 0.05) is 18.8 Å². The molecule has 0 amide bonds. The molecule has 0 unspecified atom stereocenters. The highest BCUT2D eigenvalue weighted by atomic mass is 16.5. The quantitative estimate of drug-likeness (QED) is 0.647. The Kier molecular flexibility index (Phi) is 8.56. The number of ether oxygens (including phenoxy) is 1. The Morgan fingerprint density at radius 3 is 2.30 bits per heavy atom. The fourth-order valence-electron chi connectivity index (χ4n) is 2.09. The van der Waals surface area contributed by atoms with Gasteiger partial charge in [0.2, 0.25) is 0 Å². The molecule has 0 spiro atoms. The zero-order valence-corrected chi connectivity index (χ0v) is 13.5. The Morgan fingerprint density at radius 2 is 1.60 bits per heavy atom. The number of nitrogens with one attached hydrogen (secondary N) is 1. The molecular formula is C18H31NO. The summed E-state index contributed by atoms with van der Waals surface area (Å²) in [6.07, 6.45) is 5.91. The Morgan fingerprint density at radius 1 is 0.900 bits per heavy atom. The van der Waals surface area contributed by atoms with Crippen molar-refractivity contribution in [3.05, 3.63) is 35.9 Å². The Labute approximate surface area is 124 Å². The van der Waals surface area contributed by atoms with Crippen LogP contribution < -0.4 is 5.32 Å². The van der Waals surface area contributed by atoms with Gasteiger partial charge in [-0.3, -0.25) is 0 Å². The van der Waals surface area contributed by atoms with Crippen molar-refractivity contribution in [3.8, 4) is 0 Å². The van der Waals surface area contributed by atoms with Crippen molar-refractivity contribution < 1.29 is 4.74 Å². The molecule has 0 fully saturated rings. The van der Waals surface area contributed by atoms with Crippen molar-refractivity contribution in [2.75, 3.05) is 19.8 Å². The maximum atomic E-state index is 5.68. The van der Waals surface area contributed by atoms with E-state index < -0.39 is 0 Å². The van der Waals surface area contributed by atoms with Crippen LogP contribution in [0, 0.1) is 0 Å². The smallest absolute Gasteiger partial charge is 0.0469 e. The monoisotopic (exact) mass is 277 g/mol. The van der Waals surface area contributed by atoms with E-state index >= 15 is 0 Å². The van der Waals surface area contributed by atoms with Gasteiger partial charge in [0.05, 0.1) is 0 Å². The molecule has 0 heterocycles. The summed E-state index contributed by atoms with van der Waals surface area (Å²) in [6, 6.07) is 10.6. The average molecular weight is 277 g/mol. The summed E-state index contributed by atoms with van der Waals surface area (Å²) in [5.74, 6) is 0. The summed E-state index contributed by atoms with van der Waals surface area (Å²) in [5.41, 5.74) is 1.65. The molecule has 0 atom stereocenters. The first kappa shape index (κ1) is 17.2. The molecule has 2 nitrogen and oxygen atoms in total. The van der Waals surface area contributed by atoms with Gasteiger partial charge < -0.3 is 10.1 Å². The van der Waals surface area contributed by atoms with Crippen molar-refractivity contribution in [2.45, 2.75) is 58.4 Å². The van der Waals surface area contributed by atoms with Crippen LogP contribution in [0.1, 0.15) is 52.0 Å². The fraction of sp³-hybridized carbons (Fsp3) is 0.667. The summed E-state index contributed by atoms with van der Waals surface area (Å²) < 4.78 is 5.68. The van der Waals surface area contributed by atoms with Crippen LogP contribution in [-0.2, 0) is 11.2 Å². The molecule has 0 aromatic heterocycles. The van der Waals surface area contributed by atoms with E-state index in [-0.39, 0.29) is 5.54 Å². The van der Waals surface area contributed by atoms with Gasteiger partial charge in [0.15, 0.2) is 0 Å². The molecule has 0 radical (unpaired) electrons. The highest BCUT2D eigenvalue weighted by Crippen LogP contribution is 2.03. The molecule has 0 aliphatic carbocycles. The van der Waals surface area contributed by atoms with Crippen molar-refractivity contribution in [3.63, 3.8) is 0 Å². The zero-order chi connectivity index (χ0) is 14.7. The van der Waals surface area contributed by atoms with Gasteiger partial charge in [0.25, 0.3) is 0 Å². The third kappa shape index (κ3) is 9.99. The Balaban J connectivity index is 1.83. The second kappa shape index (κ2) is 9.95. The van der Waals surface area contributed by atoms with E-state index in [2.05, 4.69) is 56.4 Å². The minimum Gasteiger partial charge on any atom is -0.381 e. The number of hydrogen-bond acceptors (Lipinski definition) is 2. The van der Waals surface area contributed by atoms with E-state index in [1.807, 2.05) is 0 Å². The lowest BCUT2D eigenvalue weighted by Crippen LogP contribution is -2.36. The topological polar surface area (TPSA) is 21.3 Å². The number of aryl methyl sites for hydroxylation is 1. The minimum absolute atomic E-state index is 0.244. The second-order valence-electron chi connectivity index (χ2n) is 6.44. The first-order valence-electron chi connectivity index (χ1n) is 7.95. The Hall–Kier alpha value is -0.860. The predicted octanol–water partition coefficient (Wildman–Crippen LogP) is 4.19. The van der Waals surface area contributed by atoms with E-state index in [9.17, 15) is 0 Å². The largest absolute Gasteiger partial charge is 0.381 e. The van der Waals surface area contributed by atoms with Crippen LogP contribution in [0.5, 0.6) is 0 Å². The summed E-state index contributed by atoms with van der Waals surface area (Å²) >= 11 is 0. The van der Waals surface area contributed by atoms with Crippen molar-refractivity contribution >= 4 is 0 Å². The molecule has 0 saturated heterocycles. The van der Waals surface area contributed by atoms with Gasteiger partial charge in [-0.1, -0.05) is 30.3 Å². The van der Waals surface area contributed by atoms with E-state index in [0.717, 1.165) is 32.6 Å². The zero-order valence-electron chi connectivity index (χ0n) is 13.5. The normalized spacial score (nSPS) is 11.8. The molecule has 1 N–H and O–H groups in total. The maximum Gasteiger partial charge on any atom is 0.0469 e. The lowest BCUT2D eigenvalue weighted by molar-refractivity contribution is 0.127. The van der Waals surface area contributed by atoms with Gasteiger partial charge >= 0.3 is 0 Å². The fourth-order valence-corrected chi connectivity index (χ4v) is 2.09. The van der Waals surface area contributed by atoms with Crippen LogP contribution in [0.25, 0.3) is 0 Å². The van der Waals surface area contributed by atoms with Crippen molar-refractivity contribution in [1.29, 1.82) is 0 Å². The van der Waals surface area contributed by atoms with E-state index in [4.69, 9.17) is 4.74 Å². The number of benzene rings is 1. The van der Waals surface area contributed by atoms with Crippen LogP contribution in [-0.4, -0.2) is 25.3 Å². The summed E-state index contributed by atoms with van der Waals surface area (Å²) in [7, 11) is 0. The number of rotatable bonds is 10. The standard InChI is InChI=1S/C18H31NO/c1-18(2,3)19-14-8-5-9-15-20-16-10-13-17-11-6-4-7-12-17/h4,6-7,11-12,19H,5,8-10,13-16H2,1-3H3. The van der Waals surface area contributed by atoms with Crippen molar-refractivity contribution in [1.82, 2.24) is 5.32 Å². The molecule has 1 aromatic carbocycles. The lowest BCUT2D eigenvalue weighted by atomic mass is 10.1. The lowest BCUT2D eigenvalue weighted by Gasteiger charge is -2.20. The second-order valence-corrected chi connectivity index (χ2v) is 6.44. The predicted molar refractivity (Wildman–Crippen MR) is 87.2 cm³/mol. The van der Waals surface area contributed by atoms with Gasteiger partial charge in [-0.2, -0.15) is 0 Å². The highest BCUT2D eigenvalue weighted by molar-refractivity contribution is 5.14. The van der Waals surface area contributed by atoms with E-state index in [1.54, 1.807) is 0 Å². The van der Waals surface area contributed by atoms with Crippen molar-refractivity contribution in [2.24, 2.45) is 0 Å². The van der Waals surface area contributed by atoms with Crippen LogP contribution in [0.15, 0.2) is 30.3 Å². The van der Waals surface area contributed by atoms with Crippen LogP contribution in [0.4, 0.5) is 0 Å². The molecule has 0 saturated carbocycles. The van der Waals surface area contributed by atoms with Crippen LogP contribution >= 0.6 is 0 Å². The molecule has 0 bridgehead atoms. The van der Waals surface area contributed by atoms with E-state index in [1.165, 1.54) is 24.8 Å². The molecule has 2 heteroatoms. The Bertz CT molecular complexity index is 329. The van der Waals surface area contributed by atoms with E-state index in [0.29, 0.717) is 0 Å². The SMILES string of the molecule is CC(C)(C)NCCCCCOCCCc1ccccc1. The van der Waals surface area contributed by atoms with Gasteiger partial charge in [-0.15, -0.1) is 0 Å². The molecule has 0 aliphatic rings. The van der Waals surface area contributed by atoms with Gasteiger partial charge in [0.1, 0.15) is 0 Å². The third-order valence-electron chi connectivity index (χ3n) is 3.22. The number of unbranched alkanes of at least 4 members (excludes halogenated alkanes) is 2. The first-order chi connectivity index (χ1) is 9.58. The molecule has 0 aliphatic heterocycles. The molecular weight excluding hydrogens is 246 g/mol. The summed E-state index contributed by atoms with van der Waals surface area (Å²) in [5, 5.41) is 3.51. The highest BCUT2D eigenvalue weighted by Gasteiger charge is 2.06. The van der Waals surface area contributed by atoms with Gasteiger partial charge in [-0.25, -0.2) is 0 Å². The minimum atomic E-state index is 0.244. The molecule has 20 heavy (non-hydrogen) atoms. The first-order valence-corrected chi connectivity index (χ1v) is 7.95. The summed E-state index contributed by atoms with van der Waals surface area (Å²) in [6.45, 7) is 9.53.